The molecule has 14 heteroatoms. The van der Waals surface area contributed by atoms with Gasteiger partial charge >= 0.3 is 70.6 Å². The number of amides is 1. The Morgan fingerprint density at radius 1 is 1.37 bits per heavy atom. The first kappa shape index (κ1) is 25.0. The van der Waals surface area contributed by atoms with Crippen LogP contribution in [0.1, 0.15) is 6.92 Å². The molecule has 2 aliphatic rings. The van der Waals surface area contributed by atoms with Gasteiger partial charge in [0.15, 0.2) is 5.16 Å². The maximum atomic E-state index is 12.1. The number of thioether (sulfide) groups is 2. The van der Waals surface area contributed by atoms with Crippen LogP contribution in [0.5, 0.6) is 5.88 Å². The quantitative estimate of drug-likeness (QED) is 0.267. The zero-order valence-electron chi connectivity index (χ0n) is 13.1. The van der Waals surface area contributed by atoms with Crippen molar-refractivity contribution in [3.8, 4) is 5.88 Å². The van der Waals surface area contributed by atoms with E-state index in [1.165, 1.54) is 35.3 Å². The second-order valence-corrected chi connectivity index (χ2v) is 7.65. The number of aryl methyl sites for hydroxylation is 1. The number of aliphatic hydroxyl groups is 1. The molecular formula is C13H16N4Na2O6S2. The van der Waals surface area contributed by atoms with E-state index < -0.39 is 40.7 Å². The normalized spacial score (nSPS) is 21.7. The summed E-state index contributed by atoms with van der Waals surface area (Å²) in [7, 11) is 1.49. The summed E-state index contributed by atoms with van der Waals surface area (Å²) in [5.74, 6) is -2.84. The van der Waals surface area contributed by atoms with E-state index in [-0.39, 0.29) is 75.7 Å². The van der Waals surface area contributed by atoms with Crippen molar-refractivity contribution in [1.29, 1.82) is 0 Å². The van der Waals surface area contributed by atoms with Gasteiger partial charge in [0.05, 0.1) is 12.0 Å². The van der Waals surface area contributed by atoms with Gasteiger partial charge in [0.25, 0.3) is 5.88 Å². The monoisotopic (exact) mass is 434 g/mol. The first-order chi connectivity index (χ1) is 11.7. The zero-order chi connectivity index (χ0) is 18.5. The van der Waals surface area contributed by atoms with Gasteiger partial charge in [-0.25, -0.2) is 9.48 Å². The molecule has 0 aromatic carbocycles. The molecule has 3 atom stereocenters. The van der Waals surface area contributed by atoms with Crippen molar-refractivity contribution in [2.45, 2.75) is 23.6 Å². The number of hydrogen-bond acceptors (Lipinski definition) is 9. The molecule has 0 radical (unpaired) electrons. The maximum absolute atomic E-state index is 12.1. The van der Waals surface area contributed by atoms with Crippen molar-refractivity contribution in [2.24, 2.45) is 13.0 Å². The predicted octanol–water partition coefficient (Wildman–Crippen LogP) is -2.12. The number of aromatic hydroxyl groups is 1. The van der Waals surface area contributed by atoms with Crippen LogP contribution < -0.4 is 5.56 Å². The van der Waals surface area contributed by atoms with E-state index in [2.05, 4.69) is 10.1 Å². The summed E-state index contributed by atoms with van der Waals surface area (Å²) in [5, 5.41) is 31.7. The summed E-state index contributed by atoms with van der Waals surface area (Å²) in [6, 6.07) is 0. The van der Waals surface area contributed by atoms with Crippen LogP contribution in [-0.2, 0) is 16.6 Å². The Hall–Kier alpha value is -0.0500. The molecule has 3 heterocycles. The molecule has 1 aromatic heterocycles. The average molecular weight is 434 g/mol. The molecule has 27 heavy (non-hydrogen) atoms. The van der Waals surface area contributed by atoms with Gasteiger partial charge in [0.2, 0.25) is 5.91 Å². The molecular weight excluding hydrogens is 418 g/mol. The standard InChI is InChI=1S/C13H14N4O6S2.2Na.2H/c1-4(18)6-10(21)17-7(12(22)23)5(25-11(6)17)3-24-13-14-8(19)9(20)15-16(13)2;;;;/h4,6,11,18H,3H2,1-2H3,(H,15,20)(H,22,23);;;;/t4?,6-,11+;;;;/m0..../s1. The van der Waals surface area contributed by atoms with E-state index in [4.69, 9.17) is 0 Å². The van der Waals surface area contributed by atoms with Gasteiger partial charge in [-0.15, -0.1) is 16.9 Å². The van der Waals surface area contributed by atoms with Gasteiger partial charge in [-0.2, -0.15) is 4.98 Å². The Labute approximate surface area is 206 Å². The van der Waals surface area contributed by atoms with E-state index in [1.807, 2.05) is 0 Å². The molecule has 1 amide bonds. The fraction of sp³-hybridized carbons (Fsp3) is 0.462. The molecule has 1 unspecified atom stereocenters. The number of β-lactam (4-membered cyclic amide) rings is 1. The number of hydrogen-bond donors (Lipinski definition) is 3. The first-order valence-corrected chi connectivity index (χ1v) is 9.00. The Balaban J connectivity index is 0.00000182. The van der Waals surface area contributed by atoms with E-state index in [0.29, 0.717) is 4.91 Å². The third-order valence-corrected chi connectivity index (χ3v) is 6.41. The second-order valence-electron chi connectivity index (χ2n) is 5.50. The number of carboxylic acids is 1. The third-order valence-electron chi connectivity index (χ3n) is 3.82. The van der Waals surface area contributed by atoms with Gasteiger partial charge in [-0.3, -0.25) is 14.5 Å². The van der Waals surface area contributed by atoms with Gasteiger partial charge in [-0.1, -0.05) is 11.8 Å². The van der Waals surface area contributed by atoms with Crippen molar-refractivity contribution in [3.63, 3.8) is 0 Å². The summed E-state index contributed by atoms with van der Waals surface area (Å²) in [4.78, 5) is 40.4. The number of aromatic nitrogens is 3. The zero-order valence-corrected chi connectivity index (χ0v) is 14.7. The van der Waals surface area contributed by atoms with Crippen LogP contribution in [0, 0.1) is 5.92 Å². The minimum absolute atomic E-state index is 0. The minimum atomic E-state index is -1.23. The van der Waals surface area contributed by atoms with E-state index >= 15 is 0 Å². The number of nitrogens with zero attached hydrogens (tertiary/aromatic N) is 4. The molecule has 2 aliphatic heterocycles. The number of aliphatic carboxylic acids is 1. The molecule has 0 aliphatic carbocycles. The van der Waals surface area contributed by atoms with Crippen molar-refractivity contribution < 1.29 is 24.9 Å². The molecule has 3 N–H and O–H groups in total. The van der Waals surface area contributed by atoms with E-state index in [1.54, 1.807) is 0 Å². The van der Waals surface area contributed by atoms with Gasteiger partial charge < -0.3 is 15.3 Å². The molecule has 1 aromatic rings. The van der Waals surface area contributed by atoms with Crippen molar-refractivity contribution in [1.82, 2.24) is 19.7 Å². The SMILES string of the molecule is CC(O)[C@H]1C(=O)N2C(C(=O)O)=C(CSc3nc(=O)c(O)nn3C)S[C@H]12.[NaH].[NaH]. The predicted molar refractivity (Wildman–Crippen MR) is 102 cm³/mol. The van der Waals surface area contributed by atoms with E-state index in [0.717, 1.165) is 11.8 Å². The van der Waals surface area contributed by atoms with Crippen LogP contribution in [0.15, 0.2) is 20.6 Å². The average Bonchev–Trinajstić information content (AvgIpc) is 2.83. The molecule has 0 bridgehead atoms. The van der Waals surface area contributed by atoms with Gasteiger partial charge in [0, 0.05) is 17.7 Å². The number of carboxylic acid groups (broad SMARTS) is 1. The Bertz CT molecular complexity index is 862. The Kier molecular flexibility index (Phi) is 8.92. The van der Waals surface area contributed by atoms with Gasteiger partial charge in [-0.05, 0) is 6.92 Å². The van der Waals surface area contributed by atoms with Crippen LogP contribution in [0.25, 0.3) is 0 Å². The third kappa shape index (κ3) is 4.59. The van der Waals surface area contributed by atoms with Gasteiger partial charge in [0.1, 0.15) is 11.1 Å². The van der Waals surface area contributed by atoms with Crippen molar-refractivity contribution >= 4 is 94.5 Å². The fourth-order valence-electron chi connectivity index (χ4n) is 2.65. The van der Waals surface area contributed by atoms with Crippen molar-refractivity contribution in [2.75, 3.05) is 5.75 Å². The molecule has 0 spiro atoms. The number of carbonyl (C=O) groups is 2. The molecule has 0 saturated carbocycles. The topological polar surface area (TPSA) is 146 Å². The van der Waals surface area contributed by atoms with Crippen molar-refractivity contribution in [3.05, 3.63) is 21.0 Å². The number of carbonyl (C=O) groups excluding carboxylic acids is 1. The molecule has 10 nitrogen and oxygen atoms in total. The molecule has 1 fully saturated rings. The van der Waals surface area contributed by atoms with Crippen LogP contribution in [0.2, 0.25) is 0 Å². The first-order valence-electron chi connectivity index (χ1n) is 7.13. The second kappa shape index (κ2) is 9.63. The summed E-state index contributed by atoms with van der Waals surface area (Å²) >= 11 is 2.27. The Morgan fingerprint density at radius 3 is 2.56 bits per heavy atom. The van der Waals surface area contributed by atoms with E-state index in [9.17, 15) is 29.7 Å². The number of rotatable bonds is 5. The van der Waals surface area contributed by atoms with Crippen LogP contribution >= 0.6 is 23.5 Å². The Morgan fingerprint density at radius 2 is 2.00 bits per heavy atom. The van der Waals surface area contributed by atoms with Crippen LogP contribution in [-0.4, -0.2) is 123 Å². The fourth-order valence-corrected chi connectivity index (χ4v) is 5.26. The molecule has 138 valence electrons. The summed E-state index contributed by atoms with van der Waals surface area (Å²) in [6.07, 6.45) is -0.868. The van der Waals surface area contributed by atoms with Crippen LogP contribution in [0.4, 0.5) is 0 Å². The molecule has 3 rings (SSSR count). The molecule has 1 saturated heterocycles. The number of fused-ring (bicyclic) bond motifs is 1. The van der Waals surface area contributed by atoms with Crippen LogP contribution in [0.3, 0.4) is 0 Å². The number of aliphatic hydroxyl groups excluding tert-OH is 1. The summed E-state index contributed by atoms with van der Waals surface area (Å²) in [5.41, 5.74) is -0.985. The summed E-state index contributed by atoms with van der Waals surface area (Å²) in [6.45, 7) is 1.50. The summed E-state index contributed by atoms with van der Waals surface area (Å²) < 4.78 is 1.21.